The number of aliphatic carboxylic acids is 1. The Hall–Kier alpha value is -4.40. The van der Waals surface area contributed by atoms with E-state index in [0.717, 1.165) is 5.56 Å². The number of tetrazole rings is 1. The van der Waals surface area contributed by atoms with Gasteiger partial charge in [-0.2, -0.15) is 0 Å². The first-order chi connectivity index (χ1) is 20.2. The Bertz CT molecular complexity index is 1260. The Labute approximate surface area is 242 Å². The Morgan fingerprint density at radius 1 is 1.10 bits per heavy atom. The number of ketones is 1. The third-order valence-electron chi connectivity index (χ3n) is 7.37. The maximum absolute atomic E-state index is 13.4. The fourth-order valence-corrected chi connectivity index (χ4v) is 4.95. The SMILES string of the molecule is CC(C(=O)NC(CC(=O)O)C(=O)Cn1nnnc1Cc1ccccc1)N1CCCCC(NC(=O)N2CCOCC2)C1=O. The molecule has 3 atom stereocenters. The van der Waals surface area contributed by atoms with Crippen LogP contribution in [0.25, 0.3) is 0 Å². The lowest BCUT2D eigenvalue weighted by Crippen LogP contribution is -2.57. The first kappa shape index (κ1) is 30.6. The van der Waals surface area contributed by atoms with Gasteiger partial charge in [0.25, 0.3) is 0 Å². The highest BCUT2D eigenvalue weighted by molar-refractivity contribution is 5.95. The molecule has 0 bridgehead atoms. The molecule has 4 amide bonds. The normalized spacial score (nSPS) is 19.0. The van der Waals surface area contributed by atoms with Gasteiger partial charge < -0.3 is 30.3 Å². The highest BCUT2D eigenvalue weighted by Crippen LogP contribution is 2.16. The molecule has 3 heterocycles. The number of nitrogens with zero attached hydrogens (tertiary/aromatic N) is 6. The molecular weight excluding hydrogens is 548 g/mol. The number of amides is 4. The van der Waals surface area contributed by atoms with Crippen molar-refractivity contribution in [1.29, 1.82) is 0 Å². The van der Waals surface area contributed by atoms with Gasteiger partial charge in [-0.05, 0) is 42.2 Å². The number of likely N-dealkylation sites (tertiary alicyclic amines) is 1. The molecule has 1 aromatic heterocycles. The number of hydrogen-bond donors (Lipinski definition) is 3. The van der Waals surface area contributed by atoms with Crippen molar-refractivity contribution in [2.24, 2.45) is 0 Å². The Morgan fingerprint density at radius 2 is 1.83 bits per heavy atom. The van der Waals surface area contributed by atoms with Gasteiger partial charge in [-0.25, -0.2) is 9.48 Å². The molecule has 2 saturated heterocycles. The molecular formula is C27H36N8O7. The van der Waals surface area contributed by atoms with Crippen molar-refractivity contribution in [2.45, 2.75) is 63.7 Å². The maximum atomic E-state index is 13.4. The van der Waals surface area contributed by atoms with E-state index < -0.39 is 48.1 Å². The third kappa shape index (κ3) is 8.09. The summed E-state index contributed by atoms with van der Waals surface area (Å²) in [5.74, 6) is -2.55. The van der Waals surface area contributed by atoms with Crippen LogP contribution in [0.5, 0.6) is 0 Å². The number of Topliss-reactive ketones (excluding diaryl/α,β-unsaturated/α-hetero) is 1. The number of morpholine rings is 1. The highest BCUT2D eigenvalue weighted by atomic mass is 16.5. The van der Waals surface area contributed by atoms with Gasteiger partial charge in [0.15, 0.2) is 11.6 Å². The van der Waals surface area contributed by atoms with Crippen molar-refractivity contribution in [1.82, 2.24) is 40.6 Å². The minimum atomic E-state index is -1.37. The van der Waals surface area contributed by atoms with Gasteiger partial charge in [0.2, 0.25) is 11.8 Å². The smallest absolute Gasteiger partial charge is 0.318 e. The predicted molar refractivity (Wildman–Crippen MR) is 146 cm³/mol. The largest absolute Gasteiger partial charge is 0.481 e. The Morgan fingerprint density at radius 3 is 2.55 bits per heavy atom. The molecule has 0 spiro atoms. The summed E-state index contributed by atoms with van der Waals surface area (Å²) >= 11 is 0. The van der Waals surface area contributed by atoms with Crippen LogP contribution in [-0.4, -0.2) is 116 Å². The number of hydrogen-bond acceptors (Lipinski definition) is 9. The molecule has 4 rings (SSSR count). The van der Waals surface area contributed by atoms with Crippen molar-refractivity contribution in [3.63, 3.8) is 0 Å². The molecule has 0 aliphatic carbocycles. The third-order valence-corrected chi connectivity index (χ3v) is 7.37. The zero-order valence-corrected chi connectivity index (χ0v) is 23.5. The summed E-state index contributed by atoms with van der Waals surface area (Å²) < 4.78 is 6.55. The summed E-state index contributed by atoms with van der Waals surface area (Å²) in [6.45, 7) is 3.14. The first-order valence-electron chi connectivity index (χ1n) is 14.0. The minimum Gasteiger partial charge on any atom is -0.481 e. The minimum absolute atomic E-state index is 0.280. The van der Waals surface area contributed by atoms with E-state index in [9.17, 15) is 29.1 Å². The van der Waals surface area contributed by atoms with Gasteiger partial charge >= 0.3 is 12.0 Å². The molecule has 0 saturated carbocycles. The highest BCUT2D eigenvalue weighted by Gasteiger charge is 2.36. The molecule has 1 aromatic carbocycles. The number of carbonyl (C=O) groups is 5. The number of carbonyl (C=O) groups excluding carboxylic acids is 4. The fourth-order valence-electron chi connectivity index (χ4n) is 4.95. The average molecular weight is 585 g/mol. The van der Waals surface area contributed by atoms with Crippen molar-refractivity contribution in [3.8, 4) is 0 Å². The van der Waals surface area contributed by atoms with E-state index in [1.807, 2.05) is 30.3 Å². The number of urea groups is 1. The maximum Gasteiger partial charge on any atom is 0.318 e. The molecule has 15 heteroatoms. The van der Waals surface area contributed by atoms with Gasteiger partial charge in [0.1, 0.15) is 18.6 Å². The van der Waals surface area contributed by atoms with Gasteiger partial charge in [-0.1, -0.05) is 30.3 Å². The van der Waals surface area contributed by atoms with E-state index in [1.54, 1.807) is 4.90 Å². The monoisotopic (exact) mass is 584 g/mol. The summed E-state index contributed by atoms with van der Waals surface area (Å²) in [4.78, 5) is 67.1. The van der Waals surface area contributed by atoms with Gasteiger partial charge in [-0.3, -0.25) is 19.2 Å². The lowest BCUT2D eigenvalue weighted by molar-refractivity contribution is -0.143. The number of benzene rings is 1. The lowest BCUT2D eigenvalue weighted by Gasteiger charge is -2.32. The van der Waals surface area contributed by atoms with Crippen LogP contribution in [0.3, 0.4) is 0 Å². The molecule has 2 aromatic rings. The summed E-state index contributed by atoms with van der Waals surface area (Å²) in [6, 6.07) is 5.82. The second-order valence-corrected chi connectivity index (χ2v) is 10.3. The van der Waals surface area contributed by atoms with E-state index in [-0.39, 0.29) is 19.1 Å². The number of ether oxygens (including phenoxy) is 1. The number of carboxylic acids is 1. The summed E-state index contributed by atoms with van der Waals surface area (Å²) in [6.07, 6.45) is 1.42. The molecule has 0 radical (unpaired) electrons. The molecule has 15 nitrogen and oxygen atoms in total. The standard InChI is InChI=1S/C27H36N8O7/c1-18(34-10-6-5-9-20(26(34)40)29-27(41)33-11-13-42-14-12-33)25(39)28-21(16-24(37)38)22(36)17-35-23(30-31-32-35)15-19-7-3-2-4-8-19/h2-4,7-8,18,20-21H,5-6,9-17H2,1H3,(H,28,39)(H,29,41)(H,37,38). The average Bonchev–Trinajstić information content (AvgIpc) is 3.33. The van der Waals surface area contributed by atoms with Crippen LogP contribution in [-0.2, 0) is 36.9 Å². The van der Waals surface area contributed by atoms with E-state index in [1.165, 1.54) is 16.5 Å². The van der Waals surface area contributed by atoms with Gasteiger partial charge in [-0.15, -0.1) is 5.10 Å². The van der Waals surface area contributed by atoms with Crippen molar-refractivity contribution in [3.05, 3.63) is 41.7 Å². The van der Waals surface area contributed by atoms with Crippen LogP contribution in [0.15, 0.2) is 30.3 Å². The predicted octanol–water partition coefficient (Wildman–Crippen LogP) is -0.396. The van der Waals surface area contributed by atoms with Crippen LogP contribution in [0.1, 0.15) is 44.0 Å². The van der Waals surface area contributed by atoms with Crippen molar-refractivity contribution >= 4 is 29.6 Å². The van der Waals surface area contributed by atoms with Crippen LogP contribution >= 0.6 is 0 Å². The fraction of sp³-hybridized carbons (Fsp3) is 0.556. The quantitative estimate of drug-likeness (QED) is 0.314. The van der Waals surface area contributed by atoms with Crippen molar-refractivity contribution < 1.29 is 33.8 Å². The zero-order chi connectivity index (χ0) is 30.1. The van der Waals surface area contributed by atoms with Crippen molar-refractivity contribution in [2.75, 3.05) is 32.8 Å². The Kier molecular flexibility index (Phi) is 10.5. The molecule has 42 heavy (non-hydrogen) atoms. The summed E-state index contributed by atoms with van der Waals surface area (Å²) in [7, 11) is 0. The molecule has 3 N–H and O–H groups in total. The molecule has 2 fully saturated rings. The van der Waals surface area contributed by atoms with Crippen LogP contribution in [0, 0.1) is 0 Å². The Balaban J connectivity index is 1.40. The molecule has 3 unspecified atom stereocenters. The zero-order valence-electron chi connectivity index (χ0n) is 23.5. The van der Waals surface area contributed by atoms with E-state index in [4.69, 9.17) is 4.74 Å². The van der Waals surface area contributed by atoms with Gasteiger partial charge in [0, 0.05) is 26.1 Å². The molecule has 2 aliphatic heterocycles. The number of aromatic nitrogens is 4. The summed E-state index contributed by atoms with van der Waals surface area (Å²) in [5.41, 5.74) is 0.923. The second kappa shape index (κ2) is 14.5. The van der Waals surface area contributed by atoms with E-state index >= 15 is 0 Å². The number of rotatable bonds is 11. The topological polar surface area (TPSA) is 189 Å². The summed E-state index contributed by atoms with van der Waals surface area (Å²) in [5, 5.41) is 26.2. The first-order valence-corrected chi connectivity index (χ1v) is 14.0. The van der Waals surface area contributed by atoms with Crippen LogP contribution < -0.4 is 10.6 Å². The second-order valence-electron chi connectivity index (χ2n) is 10.3. The molecule has 226 valence electrons. The van der Waals surface area contributed by atoms with Crippen LogP contribution in [0.4, 0.5) is 4.79 Å². The number of carboxylic acid groups (broad SMARTS) is 1. The van der Waals surface area contributed by atoms with Crippen LogP contribution in [0.2, 0.25) is 0 Å². The van der Waals surface area contributed by atoms with E-state index in [2.05, 4.69) is 26.2 Å². The van der Waals surface area contributed by atoms with Gasteiger partial charge in [0.05, 0.1) is 25.7 Å². The number of nitrogens with one attached hydrogen (secondary N) is 2. The molecule has 2 aliphatic rings. The van der Waals surface area contributed by atoms with E-state index in [0.29, 0.717) is 57.8 Å². The lowest BCUT2D eigenvalue weighted by atomic mass is 10.1.